The molecule has 1 heterocycles. The Morgan fingerprint density at radius 3 is 2.78 bits per heavy atom. The van der Waals surface area contributed by atoms with Crippen molar-refractivity contribution < 1.29 is 15.0 Å². The molecule has 0 amide bonds. The number of hydrogen-bond acceptors (Lipinski definition) is 4. The summed E-state index contributed by atoms with van der Waals surface area (Å²) in [5.41, 5.74) is 0.130. The summed E-state index contributed by atoms with van der Waals surface area (Å²) in [5.74, 6) is -1.78. The van der Waals surface area contributed by atoms with Crippen LogP contribution >= 0.6 is 22.9 Å². The predicted molar refractivity (Wildman–Crippen MR) is 69.4 cm³/mol. The quantitative estimate of drug-likeness (QED) is 0.879. The number of carboxylic acid groups (broad SMARTS) is 1. The second kappa shape index (κ2) is 5.20. The number of carboxylic acids is 1. The smallest absolute Gasteiger partial charge is 0.335 e. The molecule has 1 aromatic heterocycles. The minimum absolute atomic E-state index is 0.283. The molecule has 0 aliphatic rings. The Bertz CT molecular complexity index is 622. The van der Waals surface area contributed by atoms with Crippen molar-refractivity contribution in [2.45, 2.75) is 0 Å². The highest BCUT2D eigenvalue weighted by molar-refractivity contribution is 7.17. The fourth-order valence-electron chi connectivity index (χ4n) is 1.30. The van der Waals surface area contributed by atoms with Gasteiger partial charge in [-0.2, -0.15) is 0 Å². The molecule has 0 bridgehead atoms. The Hall–Kier alpha value is -1.85. The summed E-state index contributed by atoms with van der Waals surface area (Å²) in [4.78, 5) is 15.7. The summed E-state index contributed by atoms with van der Waals surface area (Å²) >= 11 is 7.13. The molecule has 4 nitrogen and oxygen atoms in total. The molecule has 0 aliphatic carbocycles. The maximum absolute atomic E-state index is 11.2. The first-order valence-electron chi connectivity index (χ1n) is 4.90. The van der Waals surface area contributed by atoms with E-state index in [2.05, 4.69) is 4.99 Å². The molecular formula is C12H7ClNO3S-. The summed E-state index contributed by atoms with van der Waals surface area (Å²) in [7, 11) is 0. The number of halogens is 1. The highest BCUT2D eigenvalue weighted by Gasteiger charge is 2.04. The molecule has 0 saturated carbocycles. The molecule has 0 fully saturated rings. The van der Waals surface area contributed by atoms with Crippen LogP contribution in [0.4, 0.5) is 5.69 Å². The van der Waals surface area contributed by atoms with Crippen molar-refractivity contribution in [2.75, 3.05) is 0 Å². The summed E-state index contributed by atoms with van der Waals surface area (Å²) in [6.07, 6.45) is 1.57. The SMILES string of the molecule is O=C(O)c1cc(N=Cc2ccc(Cl)s2)ccc1[O-]. The molecule has 6 heteroatoms. The number of hydrogen-bond donors (Lipinski definition) is 1. The molecule has 1 N–H and O–H groups in total. The van der Waals surface area contributed by atoms with E-state index in [1.54, 1.807) is 18.3 Å². The van der Waals surface area contributed by atoms with Gasteiger partial charge in [0.25, 0.3) is 0 Å². The molecule has 18 heavy (non-hydrogen) atoms. The van der Waals surface area contributed by atoms with E-state index >= 15 is 0 Å². The summed E-state index contributed by atoms with van der Waals surface area (Å²) in [6, 6.07) is 7.46. The topological polar surface area (TPSA) is 72.7 Å². The Morgan fingerprint density at radius 2 is 2.17 bits per heavy atom. The molecule has 92 valence electrons. The number of aliphatic imine (C=N–C) groups is 1. The maximum atomic E-state index is 11.2. The Morgan fingerprint density at radius 1 is 1.39 bits per heavy atom. The van der Waals surface area contributed by atoms with E-state index in [0.29, 0.717) is 10.0 Å². The lowest BCUT2D eigenvalue weighted by atomic mass is 10.2. The third-order valence-corrected chi connectivity index (χ3v) is 3.29. The lowest BCUT2D eigenvalue weighted by molar-refractivity contribution is -0.268. The van der Waals surface area contributed by atoms with Gasteiger partial charge in [-0.15, -0.1) is 11.3 Å². The standard InChI is InChI=1S/C12H8ClNO3S/c13-11-4-2-8(18-11)6-14-7-1-3-10(15)9(5-7)12(16)17/h1-6,15H,(H,16,17)/p-1. The van der Waals surface area contributed by atoms with Crippen LogP contribution in [0.2, 0.25) is 4.34 Å². The zero-order valence-corrected chi connectivity index (χ0v) is 10.5. The molecule has 0 radical (unpaired) electrons. The van der Waals surface area contributed by atoms with Crippen LogP contribution in [0, 0.1) is 0 Å². The number of aromatic carboxylic acids is 1. The van der Waals surface area contributed by atoms with Gasteiger partial charge in [0.05, 0.1) is 15.6 Å². The van der Waals surface area contributed by atoms with Gasteiger partial charge in [-0.25, -0.2) is 4.79 Å². The van der Waals surface area contributed by atoms with Crippen molar-refractivity contribution in [3.05, 3.63) is 45.1 Å². The average molecular weight is 281 g/mol. The van der Waals surface area contributed by atoms with Crippen molar-refractivity contribution in [2.24, 2.45) is 4.99 Å². The third kappa shape index (κ3) is 2.88. The van der Waals surface area contributed by atoms with Gasteiger partial charge in [-0.1, -0.05) is 23.4 Å². The molecule has 0 saturated heterocycles. The zero-order valence-electron chi connectivity index (χ0n) is 8.96. The van der Waals surface area contributed by atoms with Crippen LogP contribution < -0.4 is 5.11 Å². The van der Waals surface area contributed by atoms with Gasteiger partial charge in [0, 0.05) is 11.1 Å². The van der Waals surface area contributed by atoms with Gasteiger partial charge in [0.2, 0.25) is 0 Å². The van der Waals surface area contributed by atoms with Crippen molar-refractivity contribution >= 4 is 40.8 Å². The lowest BCUT2D eigenvalue weighted by Gasteiger charge is -2.09. The average Bonchev–Trinajstić information content (AvgIpc) is 2.74. The van der Waals surface area contributed by atoms with E-state index in [-0.39, 0.29) is 5.56 Å². The molecule has 1 aromatic carbocycles. The van der Waals surface area contributed by atoms with Crippen LogP contribution in [0.5, 0.6) is 5.75 Å². The highest BCUT2D eigenvalue weighted by atomic mass is 35.5. The molecule has 0 atom stereocenters. The summed E-state index contributed by atoms with van der Waals surface area (Å²) in [5, 5.41) is 20.1. The van der Waals surface area contributed by atoms with Gasteiger partial charge in [-0.3, -0.25) is 4.99 Å². The van der Waals surface area contributed by atoms with Crippen LogP contribution in [0.25, 0.3) is 0 Å². The van der Waals surface area contributed by atoms with Crippen LogP contribution in [0.3, 0.4) is 0 Å². The molecule has 2 aromatic rings. The van der Waals surface area contributed by atoms with Crippen molar-refractivity contribution in [1.82, 2.24) is 0 Å². The normalized spacial score (nSPS) is 10.9. The van der Waals surface area contributed by atoms with Gasteiger partial charge in [-0.05, 0) is 24.3 Å². The predicted octanol–water partition coefficient (Wildman–Crippen LogP) is 2.92. The second-order valence-electron chi connectivity index (χ2n) is 3.39. The van der Waals surface area contributed by atoms with E-state index in [9.17, 15) is 9.90 Å². The Labute approximate surface area is 112 Å². The van der Waals surface area contributed by atoms with Crippen LogP contribution in [-0.4, -0.2) is 17.3 Å². The largest absolute Gasteiger partial charge is 0.872 e. The van der Waals surface area contributed by atoms with Crippen molar-refractivity contribution in [3.63, 3.8) is 0 Å². The van der Waals surface area contributed by atoms with E-state index in [1.807, 2.05) is 0 Å². The zero-order chi connectivity index (χ0) is 13.1. The van der Waals surface area contributed by atoms with Gasteiger partial charge < -0.3 is 10.2 Å². The summed E-state index contributed by atoms with van der Waals surface area (Å²) < 4.78 is 0.651. The van der Waals surface area contributed by atoms with Crippen molar-refractivity contribution in [3.8, 4) is 5.75 Å². The summed E-state index contributed by atoms with van der Waals surface area (Å²) in [6.45, 7) is 0. The lowest BCUT2D eigenvalue weighted by Crippen LogP contribution is -2.02. The minimum Gasteiger partial charge on any atom is -0.872 e. The van der Waals surface area contributed by atoms with Gasteiger partial charge >= 0.3 is 5.97 Å². The van der Waals surface area contributed by atoms with E-state index in [4.69, 9.17) is 16.7 Å². The number of thiophene rings is 1. The fraction of sp³-hybridized carbons (Fsp3) is 0. The Kier molecular flexibility index (Phi) is 3.64. The maximum Gasteiger partial charge on any atom is 0.335 e. The van der Waals surface area contributed by atoms with Crippen LogP contribution in [-0.2, 0) is 0 Å². The van der Waals surface area contributed by atoms with Gasteiger partial charge in [0.15, 0.2) is 0 Å². The van der Waals surface area contributed by atoms with E-state index in [1.165, 1.54) is 29.5 Å². The van der Waals surface area contributed by atoms with Crippen LogP contribution in [0.15, 0.2) is 35.3 Å². The monoisotopic (exact) mass is 280 g/mol. The second-order valence-corrected chi connectivity index (χ2v) is 5.13. The molecule has 2 rings (SSSR count). The highest BCUT2D eigenvalue weighted by Crippen LogP contribution is 2.23. The van der Waals surface area contributed by atoms with E-state index in [0.717, 1.165) is 4.88 Å². The van der Waals surface area contributed by atoms with Crippen molar-refractivity contribution in [1.29, 1.82) is 0 Å². The molecule has 0 spiro atoms. The van der Waals surface area contributed by atoms with Crippen LogP contribution in [0.1, 0.15) is 15.2 Å². The molecule has 0 aliphatic heterocycles. The minimum atomic E-state index is -1.25. The Balaban J connectivity index is 2.27. The first-order chi connectivity index (χ1) is 8.56. The molecular weight excluding hydrogens is 274 g/mol. The van der Waals surface area contributed by atoms with Gasteiger partial charge in [0.1, 0.15) is 0 Å². The molecule has 0 unspecified atom stereocenters. The number of carbonyl (C=O) groups is 1. The fourth-order valence-corrected chi connectivity index (χ4v) is 2.23. The number of benzene rings is 1. The number of rotatable bonds is 3. The third-order valence-electron chi connectivity index (χ3n) is 2.13. The number of nitrogens with zero attached hydrogens (tertiary/aromatic N) is 1. The first kappa shape index (κ1) is 12.6. The van der Waals surface area contributed by atoms with E-state index < -0.39 is 11.7 Å². The first-order valence-corrected chi connectivity index (χ1v) is 6.09.